The lowest BCUT2D eigenvalue weighted by Gasteiger charge is -2.53. The molecule has 2 aromatic heterocycles. The van der Waals surface area contributed by atoms with E-state index in [0.29, 0.717) is 43.4 Å². The Morgan fingerprint density at radius 1 is 1.12 bits per heavy atom. The molecule has 1 N–H and O–H groups in total. The van der Waals surface area contributed by atoms with Gasteiger partial charge >= 0.3 is 6.09 Å². The van der Waals surface area contributed by atoms with E-state index in [9.17, 15) is 14.4 Å². The largest absolute Gasteiger partial charge is 0.444 e. The van der Waals surface area contributed by atoms with Gasteiger partial charge in [0.1, 0.15) is 5.60 Å². The summed E-state index contributed by atoms with van der Waals surface area (Å²) in [5.41, 5.74) is 2.20. The van der Waals surface area contributed by atoms with Crippen molar-refractivity contribution in [1.29, 1.82) is 0 Å². The summed E-state index contributed by atoms with van der Waals surface area (Å²) in [6.45, 7) is 10.1. The summed E-state index contributed by atoms with van der Waals surface area (Å²) in [6.07, 6.45) is 5.48. The molecule has 0 unspecified atom stereocenters. The molecule has 2 aliphatic heterocycles. The maximum Gasteiger partial charge on any atom is 0.410 e. The summed E-state index contributed by atoms with van der Waals surface area (Å²) in [4.78, 5) is 48.9. The van der Waals surface area contributed by atoms with Crippen molar-refractivity contribution in [3.8, 4) is 5.95 Å². The van der Waals surface area contributed by atoms with Crippen LogP contribution >= 0.6 is 0 Å². The third kappa shape index (κ3) is 3.99. The number of hydrogen-bond acceptors (Lipinski definition) is 6. The molecule has 1 spiro atoms. The number of H-pyrrole nitrogens is 1. The van der Waals surface area contributed by atoms with Gasteiger partial charge in [0, 0.05) is 37.2 Å². The van der Waals surface area contributed by atoms with E-state index in [2.05, 4.69) is 15.1 Å². The molecule has 0 atom stereocenters. The van der Waals surface area contributed by atoms with Crippen LogP contribution in [0.25, 0.3) is 5.95 Å². The summed E-state index contributed by atoms with van der Waals surface area (Å²) < 4.78 is 7.01. The van der Waals surface area contributed by atoms with E-state index in [1.54, 1.807) is 15.8 Å². The van der Waals surface area contributed by atoms with Gasteiger partial charge in [-0.3, -0.25) is 14.6 Å². The quantitative estimate of drug-likeness (QED) is 0.723. The minimum Gasteiger partial charge on any atom is -0.444 e. The molecule has 10 nitrogen and oxygen atoms in total. The highest BCUT2D eigenvalue weighted by Gasteiger charge is 2.48. The van der Waals surface area contributed by atoms with Crippen LogP contribution in [-0.4, -0.2) is 73.3 Å². The van der Waals surface area contributed by atoms with Crippen LogP contribution in [0.2, 0.25) is 0 Å². The number of hydrogen-bond donors (Lipinski definition) is 1. The predicted molar refractivity (Wildman–Crippen MR) is 124 cm³/mol. The Balaban J connectivity index is 1.23. The van der Waals surface area contributed by atoms with E-state index in [1.807, 2.05) is 32.6 Å². The average Bonchev–Trinajstić information content (AvgIpc) is 3.37. The number of aromatic amines is 1. The van der Waals surface area contributed by atoms with E-state index in [1.165, 1.54) is 0 Å². The zero-order valence-corrected chi connectivity index (χ0v) is 20.3. The molecule has 34 heavy (non-hydrogen) atoms. The monoisotopic (exact) mass is 468 g/mol. The zero-order valence-electron chi connectivity index (χ0n) is 20.3. The highest BCUT2D eigenvalue weighted by molar-refractivity contribution is 5.95. The van der Waals surface area contributed by atoms with Gasteiger partial charge in [-0.1, -0.05) is 0 Å². The van der Waals surface area contributed by atoms with E-state index in [0.717, 1.165) is 43.4 Å². The summed E-state index contributed by atoms with van der Waals surface area (Å²) in [5.74, 6) is 0.293. The number of aryl methyl sites for hydroxylation is 1. The van der Waals surface area contributed by atoms with Crippen LogP contribution in [0.4, 0.5) is 4.79 Å². The first-order chi connectivity index (χ1) is 16.1. The van der Waals surface area contributed by atoms with Gasteiger partial charge in [0.2, 0.25) is 5.95 Å². The molecule has 2 aromatic rings. The highest BCUT2D eigenvalue weighted by Crippen LogP contribution is 2.41. The number of ether oxygens (including phenoxy) is 1. The average molecular weight is 469 g/mol. The molecular formula is C24H32N6O4. The van der Waals surface area contributed by atoms with E-state index in [4.69, 9.17) is 4.74 Å². The molecule has 5 rings (SSSR count). The second kappa shape index (κ2) is 7.95. The van der Waals surface area contributed by atoms with Crippen molar-refractivity contribution in [2.24, 2.45) is 5.41 Å². The predicted octanol–water partition coefficient (Wildman–Crippen LogP) is 2.23. The molecule has 0 aromatic carbocycles. The molecular weight excluding hydrogens is 436 g/mol. The molecule has 3 aliphatic rings. The number of nitrogens with zero attached hydrogens (tertiary/aromatic N) is 5. The van der Waals surface area contributed by atoms with Crippen LogP contribution in [0, 0.1) is 12.3 Å². The van der Waals surface area contributed by atoms with Gasteiger partial charge in [-0.2, -0.15) is 5.10 Å². The van der Waals surface area contributed by atoms with Gasteiger partial charge in [-0.15, -0.1) is 0 Å². The normalized spacial score (nSPS) is 19.2. The number of carbonyl (C=O) groups excluding carboxylic acids is 2. The topological polar surface area (TPSA) is 113 Å². The van der Waals surface area contributed by atoms with Crippen LogP contribution in [0.1, 0.15) is 67.3 Å². The number of fused-ring (bicyclic) bond motifs is 1. The van der Waals surface area contributed by atoms with Crippen LogP contribution in [0.3, 0.4) is 0 Å². The van der Waals surface area contributed by atoms with Crippen molar-refractivity contribution in [1.82, 2.24) is 29.5 Å². The van der Waals surface area contributed by atoms with Crippen LogP contribution in [0.15, 0.2) is 11.0 Å². The zero-order chi connectivity index (χ0) is 24.3. The van der Waals surface area contributed by atoms with Gasteiger partial charge in [-0.05, 0) is 59.8 Å². The second-order valence-corrected chi connectivity index (χ2v) is 10.9. The van der Waals surface area contributed by atoms with Gasteiger partial charge < -0.3 is 14.5 Å². The first-order valence-electron chi connectivity index (χ1n) is 12.0. The molecule has 4 heterocycles. The summed E-state index contributed by atoms with van der Waals surface area (Å²) in [5, 5.41) is 4.36. The van der Waals surface area contributed by atoms with Crippen molar-refractivity contribution in [2.75, 3.05) is 26.2 Å². The Kier molecular flexibility index (Phi) is 5.29. The molecule has 0 radical (unpaired) electrons. The number of likely N-dealkylation sites (tertiary alicyclic amines) is 2. The minimum atomic E-state index is -0.500. The fraction of sp³-hybridized carbons (Fsp3) is 0.625. The van der Waals surface area contributed by atoms with Gasteiger partial charge in [0.05, 0.1) is 23.1 Å². The summed E-state index contributed by atoms with van der Waals surface area (Å²) in [7, 11) is 0. The van der Waals surface area contributed by atoms with Crippen molar-refractivity contribution in [2.45, 2.75) is 65.4 Å². The highest BCUT2D eigenvalue weighted by atomic mass is 16.6. The smallest absolute Gasteiger partial charge is 0.410 e. The third-order valence-electron chi connectivity index (χ3n) is 7.19. The van der Waals surface area contributed by atoms with E-state index < -0.39 is 5.60 Å². The Morgan fingerprint density at radius 3 is 2.50 bits per heavy atom. The Morgan fingerprint density at radius 2 is 1.82 bits per heavy atom. The van der Waals surface area contributed by atoms with E-state index in [-0.39, 0.29) is 23.0 Å². The summed E-state index contributed by atoms with van der Waals surface area (Å²) >= 11 is 0. The Hall–Kier alpha value is -3.17. The summed E-state index contributed by atoms with van der Waals surface area (Å²) in [6, 6.07) is 0. The molecule has 2 amide bonds. The maximum absolute atomic E-state index is 13.3. The molecule has 182 valence electrons. The van der Waals surface area contributed by atoms with Gasteiger partial charge in [0.25, 0.3) is 11.5 Å². The molecule has 0 bridgehead atoms. The number of aromatic nitrogens is 4. The Bertz CT molecular complexity index is 1190. The van der Waals surface area contributed by atoms with Gasteiger partial charge in [-0.25, -0.2) is 14.5 Å². The standard InChI is InChI=1S/C24H32N6O4/c1-15-17(12-25-30(15)21-26-18-7-5-6-16(18)19(31)27-21)20(32)28-10-8-24(9-11-28)13-29(14-24)22(33)34-23(2,3)4/h12H,5-11,13-14H2,1-4H3,(H,26,27,31). The molecule has 2 fully saturated rings. The Labute approximate surface area is 198 Å². The van der Waals surface area contributed by atoms with Crippen LogP contribution in [-0.2, 0) is 17.6 Å². The lowest BCUT2D eigenvalue weighted by atomic mass is 9.72. The van der Waals surface area contributed by atoms with Crippen LogP contribution in [0.5, 0.6) is 0 Å². The fourth-order valence-corrected chi connectivity index (χ4v) is 5.25. The van der Waals surface area contributed by atoms with Crippen molar-refractivity contribution < 1.29 is 14.3 Å². The first kappa shape index (κ1) is 22.6. The second-order valence-electron chi connectivity index (χ2n) is 10.9. The fourth-order valence-electron chi connectivity index (χ4n) is 5.25. The van der Waals surface area contributed by atoms with Crippen LogP contribution < -0.4 is 5.56 Å². The molecule has 10 heteroatoms. The van der Waals surface area contributed by atoms with Gasteiger partial charge in [0.15, 0.2) is 0 Å². The van der Waals surface area contributed by atoms with Crippen molar-refractivity contribution in [3.05, 3.63) is 39.1 Å². The number of amides is 2. The number of piperidine rings is 1. The number of nitrogens with one attached hydrogen (secondary N) is 1. The van der Waals surface area contributed by atoms with Crippen molar-refractivity contribution in [3.63, 3.8) is 0 Å². The third-order valence-corrected chi connectivity index (χ3v) is 7.19. The first-order valence-corrected chi connectivity index (χ1v) is 12.0. The number of carbonyl (C=O) groups is 2. The number of rotatable bonds is 2. The molecule has 0 saturated carbocycles. The minimum absolute atomic E-state index is 0.0644. The maximum atomic E-state index is 13.3. The van der Waals surface area contributed by atoms with E-state index >= 15 is 0 Å². The molecule has 2 saturated heterocycles. The lowest BCUT2D eigenvalue weighted by molar-refractivity contribution is -0.0563. The SMILES string of the molecule is Cc1c(C(=O)N2CCC3(CC2)CN(C(=O)OC(C)(C)C)C3)cnn1-c1nc2c(c(=O)[nH]1)CCC2. The lowest BCUT2D eigenvalue weighted by Crippen LogP contribution is -2.62. The molecule has 1 aliphatic carbocycles. The van der Waals surface area contributed by atoms with Crippen molar-refractivity contribution >= 4 is 12.0 Å².